The third-order valence-corrected chi connectivity index (χ3v) is 9.04. The van der Waals surface area contributed by atoms with Crippen LogP contribution in [0.15, 0.2) is 72.1 Å². The number of halogens is 5. The van der Waals surface area contributed by atoms with Crippen molar-refractivity contribution in [2.45, 2.75) is 43.1 Å². The van der Waals surface area contributed by atoms with Crippen LogP contribution in [0.2, 0.25) is 0 Å². The third kappa shape index (κ3) is 7.25. The average molecular weight is 652 g/mol. The SMILES string of the molecule is CCC(F)(F)c1ccc(CNC(=O)[C@H]2CN(c3cnc4cncnc4n3)CCN2S(=O)(=O)c2ccc(OC(F)(F)F)cc2)cc1. The first-order valence-corrected chi connectivity index (χ1v) is 15.0. The number of amides is 1. The molecular formula is C28H26F5N7O4S. The molecule has 3 heterocycles. The van der Waals surface area contributed by atoms with Crippen molar-refractivity contribution >= 4 is 32.9 Å². The summed E-state index contributed by atoms with van der Waals surface area (Å²) >= 11 is 0. The number of rotatable bonds is 9. The average Bonchev–Trinajstić information content (AvgIpc) is 3.02. The Bertz CT molecular complexity index is 1780. The van der Waals surface area contributed by atoms with E-state index in [0.29, 0.717) is 16.9 Å². The quantitative estimate of drug-likeness (QED) is 0.267. The molecule has 0 radical (unpaired) electrons. The first-order chi connectivity index (χ1) is 21.3. The molecule has 0 aliphatic carbocycles. The molecule has 11 nitrogen and oxygen atoms in total. The highest BCUT2D eigenvalue weighted by atomic mass is 32.2. The number of carbonyl (C=O) groups is 1. The monoisotopic (exact) mass is 651 g/mol. The van der Waals surface area contributed by atoms with Crippen molar-refractivity contribution in [3.8, 4) is 5.75 Å². The summed E-state index contributed by atoms with van der Waals surface area (Å²) in [5.41, 5.74) is 1.05. The summed E-state index contributed by atoms with van der Waals surface area (Å²) in [6.45, 7) is 1.02. The van der Waals surface area contributed by atoms with Gasteiger partial charge >= 0.3 is 6.36 Å². The number of alkyl halides is 5. The summed E-state index contributed by atoms with van der Waals surface area (Å²) in [5, 5.41) is 2.67. The number of fused-ring (bicyclic) bond motifs is 1. The minimum Gasteiger partial charge on any atom is -0.406 e. The van der Waals surface area contributed by atoms with Gasteiger partial charge in [0, 0.05) is 38.2 Å². The number of hydrogen-bond donors (Lipinski definition) is 1. The number of nitrogens with zero attached hydrogens (tertiary/aromatic N) is 6. The normalized spacial score (nSPS) is 16.5. The van der Waals surface area contributed by atoms with Crippen LogP contribution in [-0.2, 0) is 27.3 Å². The van der Waals surface area contributed by atoms with Gasteiger partial charge in [-0.15, -0.1) is 13.2 Å². The summed E-state index contributed by atoms with van der Waals surface area (Å²) in [6, 6.07) is 7.74. The fourth-order valence-electron chi connectivity index (χ4n) is 4.71. The zero-order valence-corrected chi connectivity index (χ0v) is 24.4. The molecular weight excluding hydrogens is 625 g/mol. The molecule has 4 aromatic rings. The Morgan fingerprint density at radius 3 is 2.38 bits per heavy atom. The maximum atomic E-state index is 14.0. The third-order valence-electron chi connectivity index (χ3n) is 7.12. The van der Waals surface area contributed by atoms with Gasteiger partial charge in [-0.2, -0.15) is 4.31 Å². The first kappa shape index (κ1) is 31.9. The van der Waals surface area contributed by atoms with Crippen molar-refractivity contribution < 1.29 is 39.9 Å². The lowest BCUT2D eigenvalue weighted by Gasteiger charge is -2.40. The molecule has 238 valence electrons. The van der Waals surface area contributed by atoms with E-state index in [-0.39, 0.29) is 48.7 Å². The van der Waals surface area contributed by atoms with Crippen LogP contribution in [0, 0.1) is 0 Å². The Morgan fingerprint density at radius 2 is 1.71 bits per heavy atom. The molecule has 0 unspecified atom stereocenters. The number of hydrogen-bond acceptors (Lipinski definition) is 9. The van der Waals surface area contributed by atoms with Crippen LogP contribution in [0.4, 0.5) is 27.8 Å². The molecule has 0 saturated carbocycles. The second kappa shape index (κ2) is 12.5. The number of ether oxygens (including phenoxy) is 1. The molecule has 0 bridgehead atoms. The van der Waals surface area contributed by atoms with Crippen LogP contribution in [-0.4, -0.2) is 70.6 Å². The molecule has 1 atom stereocenters. The van der Waals surface area contributed by atoms with Crippen molar-refractivity contribution in [3.63, 3.8) is 0 Å². The van der Waals surface area contributed by atoms with Crippen LogP contribution in [0.25, 0.3) is 11.2 Å². The summed E-state index contributed by atoms with van der Waals surface area (Å²) in [4.78, 5) is 31.6. The zero-order chi connectivity index (χ0) is 32.4. The van der Waals surface area contributed by atoms with Gasteiger partial charge < -0.3 is 15.0 Å². The number of aromatic nitrogens is 4. The van der Waals surface area contributed by atoms with E-state index in [1.165, 1.54) is 49.9 Å². The summed E-state index contributed by atoms with van der Waals surface area (Å²) < 4.78 is 98.0. The molecule has 1 aliphatic rings. The van der Waals surface area contributed by atoms with Gasteiger partial charge in [0.05, 0.1) is 17.3 Å². The number of nitrogens with one attached hydrogen (secondary N) is 1. The van der Waals surface area contributed by atoms with Gasteiger partial charge in [0.25, 0.3) is 5.92 Å². The standard InChI is InChI=1S/C28H26F5N7O4S/c1-2-27(29,30)19-5-3-18(4-6-19)13-36-26(41)23-16-39(24-15-35-22-14-34-17-37-25(22)38-24)11-12-40(23)45(42,43)21-9-7-20(8-10-21)44-28(31,32)33/h3-10,14-15,17,23H,2,11-13,16H2,1H3,(H,36,41)/t23-/m1/s1. The maximum Gasteiger partial charge on any atom is 0.573 e. The van der Waals surface area contributed by atoms with Gasteiger partial charge in [0.15, 0.2) is 5.65 Å². The Labute approximate surface area is 254 Å². The zero-order valence-electron chi connectivity index (χ0n) is 23.6. The smallest absolute Gasteiger partial charge is 0.406 e. The van der Waals surface area contributed by atoms with E-state index < -0.39 is 40.0 Å². The Hall–Kier alpha value is -4.51. The van der Waals surface area contributed by atoms with Gasteiger partial charge in [-0.05, 0) is 29.8 Å². The molecule has 1 aliphatic heterocycles. The lowest BCUT2D eigenvalue weighted by molar-refractivity contribution is -0.274. The molecule has 45 heavy (non-hydrogen) atoms. The van der Waals surface area contributed by atoms with Crippen LogP contribution in [0.5, 0.6) is 5.75 Å². The number of piperazine rings is 1. The Morgan fingerprint density at radius 1 is 1.00 bits per heavy atom. The van der Waals surface area contributed by atoms with Crippen LogP contribution in [0.3, 0.4) is 0 Å². The second-order valence-corrected chi connectivity index (χ2v) is 11.9. The van der Waals surface area contributed by atoms with E-state index in [9.17, 15) is 35.2 Å². The molecule has 1 saturated heterocycles. The topological polar surface area (TPSA) is 131 Å². The molecule has 1 fully saturated rings. The highest BCUT2D eigenvalue weighted by Gasteiger charge is 2.41. The largest absolute Gasteiger partial charge is 0.573 e. The first-order valence-electron chi connectivity index (χ1n) is 13.6. The van der Waals surface area contributed by atoms with Crippen molar-refractivity contribution in [1.29, 1.82) is 0 Å². The minimum absolute atomic E-state index is 0.0859. The van der Waals surface area contributed by atoms with E-state index in [1.54, 1.807) is 4.90 Å². The highest BCUT2D eigenvalue weighted by Crippen LogP contribution is 2.31. The Balaban J connectivity index is 1.40. The van der Waals surface area contributed by atoms with Gasteiger partial charge in [-0.1, -0.05) is 31.2 Å². The van der Waals surface area contributed by atoms with Crippen molar-refractivity contribution in [2.75, 3.05) is 24.5 Å². The van der Waals surface area contributed by atoms with Gasteiger partial charge in [0.1, 0.15) is 29.5 Å². The van der Waals surface area contributed by atoms with Gasteiger partial charge in [-0.3, -0.25) is 4.79 Å². The summed E-state index contributed by atoms with van der Waals surface area (Å²) in [5.74, 6) is -3.98. The number of sulfonamides is 1. The van der Waals surface area contributed by atoms with Crippen LogP contribution < -0.4 is 15.0 Å². The van der Waals surface area contributed by atoms with Crippen molar-refractivity contribution in [1.82, 2.24) is 29.6 Å². The number of anilines is 1. The predicted molar refractivity (Wildman–Crippen MR) is 151 cm³/mol. The highest BCUT2D eigenvalue weighted by molar-refractivity contribution is 7.89. The second-order valence-electron chi connectivity index (χ2n) is 10.0. The van der Waals surface area contributed by atoms with Crippen LogP contribution in [0.1, 0.15) is 24.5 Å². The van der Waals surface area contributed by atoms with Gasteiger partial charge in [-0.25, -0.2) is 37.1 Å². The molecule has 1 amide bonds. The van der Waals surface area contributed by atoms with Crippen molar-refractivity contribution in [3.05, 3.63) is 78.4 Å². The molecule has 5 rings (SSSR count). The van der Waals surface area contributed by atoms with E-state index in [1.807, 2.05) is 0 Å². The lowest BCUT2D eigenvalue weighted by atomic mass is 10.0. The maximum absolute atomic E-state index is 14.0. The fourth-order valence-corrected chi connectivity index (χ4v) is 6.28. The summed E-state index contributed by atoms with van der Waals surface area (Å²) in [6.07, 6.45) is -1.13. The number of benzene rings is 2. The lowest BCUT2D eigenvalue weighted by Crippen LogP contribution is -2.60. The predicted octanol–water partition coefficient (Wildman–Crippen LogP) is 4.02. The molecule has 17 heteroatoms. The molecule has 2 aromatic heterocycles. The van der Waals surface area contributed by atoms with Crippen molar-refractivity contribution in [2.24, 2.45) is 0 Å². The van der Waals surface area contributed by atoms with E-state index in [2.05, 4.69) is 30.0 Å². The van der Waals surface area contributed by atoms with Crippen LogP contribution >= 0.6 is 0 Å². The molecule has 0 spiro atoms. The summed E-state index contributed by atoms with van der Waals surface area (Å²) in [7, 11) is -4.40. The number of carbonyl (C=O) groups excluding carboxylic acids is 1. The fraction of sp³-hybridized carbons (Fsp3) is 0.321. The minimum atomic E-state index is -4.96. The molecule has 2 aromatic carbocycles. The van der Waals surface area contributed by atoms with E-state index in [0.717, 1.165) is 28.6 Å². The van der Waals surface area contributed by atoms with E-state index >= 15 is 0 Å². The van der Waals surface area contributed by atoms with E-state index in [4.69, 9.17) is 0 Å². The van der Waals surface area contributed by atoms with Gasteiger partial charge in [0.2, 0.25) is 15.9 Å². The molecule has 1 N–H and O–H groups in total. The Kier molecular flexibility index (Phi) is 8.84.